The number of aryl methyl sites for hydroxylation is 2. The summed E-state index contributed by atoms with van der Waals surface area (Å²) in [5, 5.41) is 2.90. The van der Waals surface area contributed by atoms with Crippen LogP contribution >= 0.6 is 11.3 Å². The fourth-order valence-corrected chi connectivity index (χ4v) is 4.21. The van der Waals surface area contributed by atoms with E-state index < -0.39 is 0 Å². The molecule has 138 valence electrons. The van der Waals surface area contributed by atoms with Crippen molar-refractivity contribution in [2.75, 3.05) is 16.8 Å². The van der Waals surface area contributed by atoms with Crippen LogP contribution in [0, 0.1) is 13.8 Å². The molecule has 0 bridgehead atoms. The number of anilines is 2. The van der Waals surface area contributed by atoms with Crippen molar-refractivity contribution in [2.24, 2.45) is 0 Å². The van der Waals surface area contributed by atoms with Crippen LogP contribution in [0.4, 0.5) is 11.4 Å². The molecule has 2 aromatic heterocycles. The highest BCUT2D eigenvalue weighted by Crippen LogP contribution is 2.29. The van der Waals surface area contributed by atoms with Crippen molar-refractivity contribution in [3.63, 3.8) is 0 Å². The molecule has 7 heteroatoms. The van der Waals surface area contributed by atoms with Crippen molar-refractivity contribution in [1.29, 1.82) is 0 Å². The lowest BCUT2D eigenvalue weighted by atomic mass is 10.2. The van der Waals surface area contributed by atoms with Crippen LogP contribution in [-0.4, -0.2) is 27.7 Å². The Hall–Kier alpha value is -2.93. The summed E-state index contributed by atoms with van der Waals surface area (Å²) < 4.78 is 2.00. The first kappa shape index (κ1) is 17.5. The molecule has 0 aliphatic carbocycles. The highest BCUT2D eigenvalue weighted by molar-refractivity contribution is 7.17. The molecular formula is C20H20N4O2S. The number of carbonyl (C=O) groups excluding carboxylic acids is 2. The molecule has 3 aromatic rings. The number of para-hydroxylation sites is 2. The summed E-state index contributed by atoms with van der Waals surface area (Å²) in [6.45, 7) is 4.65. The fraction of sp³-hybridized carbons (Fsp3) is 0.250. The number of thiazole rings is 1. The quantitative estimate of drug-likeness (QED) is 0.700. The molecule has 6 nitrogen and oxygen atoms in total. The van der Waals surface area contributed by atoms with Crippen LogP contribution in [0.5, 0.6) is 0 Å². The third-order valence-electron chi connectivity index (χ3n) is 4.58. The van der Waals surface area contributed by atoms with Gasteiger partial charge in [-0.15, -0.1) is 11.3 Å². The molecule has 1 aliphatic rings. The third-order valence-corrected chi connectivity index (χ3v) is 5.48. The highest BCUT2D eigenvalue weighted by Gasteiger charge is 2.23. The highest BCUT2D eigenvalue weighted by atomic mass is 32.1. The van der Waals surface area contributed by atoms with Gasteiger partial charge < -0.3 is 10.2 Å². The van der Waals surface area contributed by atoms with Crippen molar-refractivity contribution in [2.45, 2.75) is 26.7 Å². The number of amides is 2. The van der Waals surface area contributed by atoms with Crippen LogP contribution in [0.1, 0.15) is 29.1 Å². The van der Waals surface area contributed by atoms with E-state index >= 15 is 0 Å². The topological polar surface area (TPSA) is 66.7 Å². The minimum absolute atomic E-state index is 0.0948. The molecule has 0 saturated carbocycles. The molecule has 4 rings (SSSR count). The van der Waals surface area contributed by atoms with Gasteiger partial charge in [-0.25, -0.2) is 4.98 Å². The van der Waals surface area contributed by atoms with Crippen molar-refractivity contribution >= 4 is 45.6 Å². The zero-order valence-corrected chi connectivity index (χ0v) is 16.0. The number of nitrogens with zero attached hydrogens (tertiary/aromatic N) is 3. The Labute approximate surface area is 161 Å². The summed E-state index contributed by atoms with van der Waals surface area (Å²) in [5.41, 5.74) is 3.17. The molecule has 1 aliphatic heterocycles. The van der Waals surface area contributed by atoms with Gasteiger partial charge in [0.25, 0.3) is 0 Å². The van der Waals surface area contributed by atoms with Crippen LogP contribution < -0.4 is 10.2 Å². The molecule has 0 atom stereocenters. The van der Waals surface area contributed by atoms with Gasteiger partial charge in [-0.2, -0.15) is 0 Å². The first-order chi connectivity index (χ1) is 13.0. The first-order valence-electron chi connectivity index (χ1n) is 8.86. The molecule has 1 N–H and O–H groups in total. The average Bonchev–Trinajstić information content (AvgIpc) is 3.28. The number of fused-ring (bicyclic) bond motifs is 1. The van der Waals surface area contributed by atoms with E-state index in [2.05, 4.69) is 10.3 Å². The predicted octanol–water partition coefficient (Wildman–Crippen LogP) is 3.79. The number of hydrogen-bond acceptors (Lipinski definition) is 4. The molecule has 3 heterocycles. The lowest BCUT2D eigenvalue weighted by Gasteiger charge is -2.19. The van der Waals surface area contributed by atoms with E-state index in [0.29, 0.717) is 18.7 Å². The van der Waals surface area contributed by atoms with Crippen LogP contribution in [0.2, 0.25) is 0 Å². The SMILES string of the molecule is Cc1cn2c(/C=C/C(=O)Nc3ccccc3N3CCCC3=O)c(C)nc2s1. The first-order valence-corrected chi connectivity index (χ1v) is 9.68. The Bertz CT molecular complexity index is 1060. The molecule has 1 fully saturated rings. The second kappa shape index (κ2) is 7.00. The van der Waals surface area contributed by atoms with Crippen LogP contribution in [0.15, 0.2) is 36.5 Å². The van der Waals surface area contributed by atoms with Gasteiger partial charge in [0.1, 0.15) is 0 Å². The minimum atomic E-state index is -0.240. The van der Waals surface area contributed by atoms with E-state index in [-0.39, 0.29) is 11.8 Å². The van der Waals surface area contributed by atoms with Gasteiger partial charge in [-0.3, -0.25) is 14.0 Å². The Morgan fingerprint density at radius 3 is 2.89 bits per heavy atom. The summed E-state index contributed by atoms with van der Waals surface area (Å²) >= 11 is 1.62. The van der Waals surface area contributed by atoms with Crippen molar-refractivity contribution in [1.82, 2.24) is 9.38 Å². The normalized spacial score (nSPS) is 14.6. The van der Waals surface area contributed by atoms with E-state index in [1.165, 1.54) is 11.0 Å². The van der Waals surface area contributed by atoms with E-state index in [1.54, 1.807) is 22.3 Å². The molecule has 27 heavy (non-hydrogen) atoms. The van der Waals surface area contributed by atoms with Crippen molar-refractivity contribution in [3.05, 3.63) is 52.8 Å². The summed E-state index contributed by atoms with van der Waals surface area (Å²) in [6.07, 6.45) is 6.70. The molecule has 0 spiro atoms. The average molecular weight is 380 g/mol. The molecule has 0 radical (unpaired) electrons. The van der Waals surface area contributed by atoms with Gasteiger partial charge in [0.05, 0.1) is 22.8 Å². The second-order valence-electron chi connectivity index (χ2n) is 6.57. The van der Waals surface area contributed by atoms with Gasteiger partial charge >= 0.3 is 0 Å². The predicted molar refractivity (Wildman–Crippen MR) is 108 cm³/mol. The van der Waals surface area contributed by atoms with Gasteiger partial charge in [-0.1, -0.05) is 12.1 Å². The van der Waals surface area contributed by atoms with Gasteiger partial charge in [0, 0.05) is 30.1 Å². The number of carbonyl (C=O) groups is 2. The number of benzene rings is 1. The molecule has 2 amide bonds. The lowest BCUT2D eigenvalue weighted by Crippen LogP contribution is -2.25. The van der Waals surface area contributed by atoms with Crippen molar-refractivity contribution < 1.29 is 9.59 Å². The minimum Gasteiger partial charge on any atom is -0.321 e. The number of imidazole rings is 1. The lowest BCUT2D eigenvalue weighted by molar-refractivity contribution is -0.117. The van der Waals surface area contributed by atoms with Crippen LogP contribution in [-0.2, 0) is 9.59 Å². The molecule has 1 saturated heterocycles. The Kier molecular flexibility index (Phi) is 4.53. The summed E-state index contributed by atoms with van der Waals surface area (Å²) in [5.74, 6) is -0.146. The largest absolute Gasteiger partial charge is 0.321 e. The number of aromatic nitrogens is 2. The zero-order valence-electron chi connectivity index (χ0n) is 15.2. The number of nitrogens with one attached hydrogen (secondary N) is 1. The standard InChI is InChI=1S/C20H20N4O2S/c1-13-12-24-16(14(2)21-20(24)27-13)9-10-18(25)22-15-6-3-4-7-17(15)23-11-5-8-19(23)26/h3-4,6-7,9-10,12H,5,8,11H2,1-2H3,(H,22,25)/b10-9+. The van der Waals surface area contributed by atoms with E-state index in [9.17, 15) is 9.59 Å². The summed E-state index contributed by atoms with van der Waals surface area (Å²) in [6, 6.07) is 7.40. The Balaban J connectivity index is 1.55. The van der Waals surface area contributed by atoms with Crippen LogP contribution in [0.25, 0.3) is 11.0 Å². The van der Waals surface area contributed by atoms with Crippen LogP contribution in [0.3, 0.4) is 0 Å². The van der Waals surface area contributed by atoms with Gasteiger partial charge in [0.15, 0.2) is 4.96 Å². The Morgan fingerprint density at radius 2 is 2.11 bits per heavy atom. The summed E-state index contributed by atoms with van der Waals surface area (Å²) in [4.78, 5) is 32.9. The smallest absolute Gasteiger partial charge is 0.248 e. The van der Waals surface area contributed by atoms with Crippen molar-refractivity contribution in [3.8, 4) is 0 Å². The summed E-state index contributed by atoms with van der Waals surface area (Å²) in [7, 11) is 0. The second-order valence-corrected chi connectivity index (χ2v) is 7.78. The zero-order chi connectivity index (χ0) is 19.0. The van der Waals surface area contributed by atoms with E-state index in [0.717, 1.165) is 28.5 Å². The van der Waals surface area contributed by atoms with E-state index in [4.69, 9.17) is 0 Å². The number of hydrogen-bond donors (Lipinski definition) is 1. The molecule has 0 unspecified atom stereocenters. The Morgan fingerprint density at radius 1 is 1.30 bits per heavy atom. The third kappa shape index (κ3) is 3.38. The van der Waals surface area contributed by atoms with Gasteiger partial charge in [0.2, 0.25) is 11.8 Å². The number of rotatable bonds is 4. The maximum absolute atomic E-state index is 12.5. The monoisotopic (exact) mass is 380 g/mol. The maximum atomic E-state index is 12.5. The van der Waals surface area contributed by atoms with Gasteiger partial charge in [-0.05, 0) is 38.5 Å². The maximum Gasteiger partial charge on any atom is 0.248 e. The van der Waals surface area contributed by atoms with E-state index in [1.807, 2.05) is 48.7 Å². The molecule has 1 aromatic carbocycles. The fourth-order valence-electron chi connectivity index (χ4n) is 3.33. The molecular weight excluding hydrogens is 360 g/mol.